The average molecular weight is 455 g/mol. The molecule has 6 nitrogen and oxygen atoms in total. The van der Waals surface area contributed by atoms with E-state index in [1.54, 1.807) is 36.4 Å². The predicted molar refractivity (Wildman–Crippen MR) is 115 cm³/mol. The molecule has 0 saturated carbocycles. The van der Waals surface area contributed by atoms with Crippen molar-refractivity contribution in [2.24, 2.45) is 5.10 Å². The number of phenolic OH excluding ortho intramolecular Hbond substituents is 1. The number of hydrogen-bond donors (Lipinski definition) is 2. The van der Waals surface area contributed by atoms with Gasteiger partial charge < -0.3 is 14.6 Å². The van der Waals surface area contributed by atoms with Crippen LogP contribution in [-0.2, 0) is 6.61 Å². The summed E-state index contributed by atoms with van der Waals surface area (Å²) in [7, 11) is 1.45. The number of aromatic hydroxyl groups is 1. The van der Waals surface area contributed by atoms with Crippen LogP contribution in [0.15, 0.2) is 76.3 Å². The summed E-state index contributed by atoms with van der Waals surface area (Å²) < 4.78 is 11.6. The molecule has 148 valence electrons. The van der Waals surface area contributed by atoms with Gasteiger partial charge in [0.1, 0.15) is 12.4 Å². The van der Waals surface area contributed by atoms with Crippen molar-refractivity contribution in [3.05, 3.63) is 87.9 Å². The van der Waals surface area contributed by atoms with Gasteiger partial charge in [-0.05, 0) is 29.8 Å². The van der Waals surface area contributed by atoms with Crippen molar-refractivity contribution >= 4 is 28.1 Å². The van der Waals surface area contributed by atoms with Crippen molar-refractivity contribution < 1.29 is 19.4 Å². The number of hydrazone groups is 1. The largest absolute Gasteiger partial charge is 0.504 e. The number of nitrogens with zero attached hydrogens (tertiary/aromatic N) is 1. The summed E-state index contributed by atoms with van der Waals surface area (Å²) in [6.45, 7) is 0.347. The van der Waals surface area contributed by atoms with Gasteiger partial charge in [0.25, 0.3) is 5.91 Å². The van der Waals surface area contributed by atoms with Gasteiger partial charge in [-0.3, -0.25) is 4.79 Å². The van der Waals surface area contributed by atoms with Crippen LogP contribution in [0.1, 0.15) is 21.5 Å². The number of carbonyl (C=O) groups is 1. The van der Waals surface area contributed by atoms with E-state index in [4.69, 9.17) is 9.47 Å². The van der Waals surface area contributed by atoms with E-state index in [2.05, 4.69) is 26.5 Å². The fourth-order valence-electron chi connectivity index (χ4n) is 2.58. The zero-order chi connectivity index (χ0) is 20.6. The van der Waals surface area contributed by atoms with Gasteiger partial charge in [-0.25, -0.2) is 5.43 Å². The number of nitrogens with one attached hydrogen (secondary N) is 1. The van der Waals surface area contributed by atoms with E-state index in [-0.39, 0.29) is 5.75 Å². The Bertz CT molecular complexity index is 1020. The molecule has 3 aromatic carbocycles. The Hall–Kier alpha value is -3.32. The highest BCUT2D eigenvalue weighted by atomic mass is 79.9. The first kappa shape index (κ1) is 20.4. The molecule has 0 saturated heterocycles. The Morgan fingerprint density at radius 1 is 1.10 bits per heavy atom. The molecule has 0 spiro atoms. The van der Waals surface area contributed by atoms with Gasteiger partial charge in [0.15, 0.2) is 11.5 Å². The minimum absolute atomic E-state index is 0.0692. The topological polar surface area (TPSA) is 80.2 Å². The van der Waals surface area contributed by atoms with Crippen LogP contribution < -0.4 is 14.9 Å². The summed E-state index contributed by atoms with van der Waals surface area (Å²) in [5, 5.41) is 14.1. The number of phenols is 1. The fraction of sp³-hybridized carbons (Fsp3) is 0.0909. The van der Waals surface area contributed by atoms with Crippen LogP contribution in [-0.4, -0.2) is 24.3 Å². The molecule has 3 aromatic rings. The van der Waals surface area contributed by atoms with Crippen LogP contribution in [0.2, 0.25) is 0 Å². The molecule has 0 bridgehead atoms. The second kappa shape index (κ2) is 9.75. The minimum Gasteiger partial charge on any atom is -0.504 e. The predicted octanol–water partition coefficient (Wildman–Crippen LogP) is 4.51. The Morgan fingerprint density at radius 2 is 1.83 bits per heavy atom. The normalized spacial score (nSPS) is 10.7. The number of ether oxygens (including phenoxy) is 2. The summed E-state index contributed by atoms with van der Waals surface area (Å²) in [5.74, 6) is 0.259. The number of para-hydroxylation sites is 1. The van der Waals surface area contributed by atoms with Gasteiger partial charge in [-0.1, -0.05) is 58.4 Å². The van der Waals surface area contributed by atoms with Gasteiger partial charge in [0.05, 0.1) is 18.9 Å². The SMILES string of the molecule is COc1cc(Br)cc(/C=N\NC(=O)c2ccccc2OCc2ccccc2)c1O. The van der Waals surface area contributed by atoms with E-state index < -0.39 is 5.91 Å². The Balaban J connectivity index is 1.70. The first-order valence-electron chi connectivity index (χ1n) is 8.74. The maximum absolute atomic E-state index is 12.5. The quantitative estimate of drug-likeness (QED) is 0.406. The van der Waals surface area contributed by atoms with Crippen molar-refractivity contribution in [1.82, 2.24) is 5.43 Å². The molecule has 0 atom stereocenters. The van der Waals surface area contributed by atoms with Gasteiger partial charge in [-0.15, -0.1) is 0 Å². The van der Waals surface area contributed by atoms with E-state index in [0.29, 0.717) is 33.7 Å². The monoisotopic (exact) mass is 454 g/mol. The standard InChI is InChI=1S/C22H19BrN2O4/c1-28-20-12-17(23)11-16(21(20)26)13-24-25-22(27)18-9-5-6-10-19(18)29-14-15-7-3-2-4-8-15/h2-13,26H,14H2,1H3,(H,25,27)/b24-13-. The van der Waals surface area contributed by atoms with Crippen molar-refractivity contribution in [1.29, 1.82) is 0 Å². The molecule has 0 unspecified atom stereocenters. The van der Waals surface area contributed by atoms with E-state index in [0.717, 1.165) is 5.56 Å². The lowest BCUT2D eigenvalue weighted by atomic mass is 10.2. The average Bonchev–Trinajstić information content (AvgIpc) is 2.75. The highest BCUT2D eigenvalue weighted by Gasteiger charge is 2.12. The second-order valence-electron chi connectivity index (χ2n) is 6.02. The molecule has 0 aliphatic rings. The number of hydrogen-bond acceptors (Lipinski definition) is 5. The Morgan fingerprint density at radius 3 is 2.59 bits per heavy atom. The van der Waals surface area contributed by atoms with Crippen LogP contribution in [0.4, 0.5) is 0 Å². The van der Waals surface area contributed by atoms with Gasteiger partial charge in [-0.2, -0.15) is 5.10 Å². The molecule has 2 N–H and O–H groups in total. The highest BCUT2D eigenvalue weighted by Crippen LogP contribution is 2.32. The molecule has 0 radical (unpaired) electrons. The summed E-state index contributed by atoms with van der Waals surface area (Å²) in [4.78, 5) is 12.5. The molecular formula is C22H19BrN2O4. The molecule has 0 aromatic heterocycles. The number of halogens is 1. The third-order valence-electron chi connectivity index (χ3n) is 4.03. The summed E-state index contributed by atoms with van der Waals surface area (Å²) in [6, 6.07) is 19.9. The summed E-state index contributed by atoms with van der Waals surface area (Å²) in [6.07, 6.45) is 1.34. The van der Waals surface area contributed by atoms with E-state index in [1.807, 2.05) is 30.3 Å². The smallest absolute Gasteiger partial charge is 0.275 e. The van der Waals surface area contributed by atoms with Crippen LogP contribution in [0.25, 0.3) is 0 Å². The van der Waals surface area contributed by atoms with Crippen LogP contribution >= 0.6 is 15.9 Å². The molecule has 29 heavy (non-hydrogen) atoms. The Labute approximate surface area is 176 Å². The molecule has 0 aliphatic heterocycles. The zero-order valence-corrected chi connectivity index (χ0v) is 17.2. The number of rotatable bonds is 7. The number of methoxy groups -OCH3 is 1. The lowest BCUT2D eigenvalue weighted by Gasteiger charge is -2.10. The Kier molecular flexibility index (Phi) is 6.86. The molecule has 0 fully saturated rings. The van der Waals surface area contributed by atoms with Gasteiger partial charge in [0.2, 0.25) is 0 Å². The van der Waals surface area contributed by atoms with Crippen LogP contribution in [0.3, 0.4) is 0 Å². The number of carbonyl (C=O) groups excluding carboxylic acids is 1. The molecular weight excluding hydrogens is 436 g/mol. The zero-order valence-electron chi connectivity index (χ0n) is 15.6. The van der Waals surface area contributed by atoms with E-state index in [1.165, 1.54) is 13.3 Å². The van der Waals surface area contributed by atoms with Crippen molar-refractivity contribution in [3.63, 3.8) is 0 Å². The number of amides is 1. The number of benzene rings is 3. The van der Waals surface area contributed by atoms with E-state index >= 15 is 0 Å². The first-order valence-corrected chi connectivity index (χ1v) is 9.53. The highest BCUT2D eigenvalue weighted by molar-refractivity contribution is 9.10. The van der Waals surface area contributed by atoms with E-state index in [9.17, 15) is 9.90 Å². The third-order valence-corrected chi connectivity index (χ3v) is 4.49. The fourth-order valence-corrected chi connectivity index (χ4v) is 3.04. The minimum atomic E-state index is -0.425. The lowest BCUT2D eigenvalue weighted by Crippen LogP contribution is -2.18. The summed E-state index contributed by atoms with van der Waals surface area (Å²) >= 11 is 3.33. The van der Waals surface area contributed by atoms with Crippen LogP contribution in [0.5, 0.6) is 17.2 Å². The molecule has 0 heterocycles. The molecule has 3 rings (SSSR count). The molecule has 7 heteroatoms. The van der Waals surface area contributed by atoms with Crippen molar-refractivity contribution in [2.45, 2.75) is 6.61 Å². The maximum Gasteiger partial charge on any atom is 0.275 e. The molecule has 1 amide bonds. The molecule has 0 aliphatic carbocycles. The van der Waals surface area contributed by atoms with Gasteiger partial charge in [0, 0.05) is 10.0 Å². The van der Waals surface area contributed by atoms with Crippen LogP contribution in [0, 0.1) is 0 Å². The first-order chi connectivity index (χ1) is 14.1. The third kappa shape index (κ3) is 5.36. The van der Waals surface area contributed by atoms with Crippen molar-refractivity contribution in [3.8, 4) is 17.2 Å². The lowest BCUT2D eigenvalue weighted by molar-refractivity contribution is 0.0950. The van der Waals surface area contributed by atoms with Crippen molar-refractivity contribution in [2.75, 3.05) is 7.11 Å². The maximum atomic E-state index is 12.5. The summed E-state index contributed by atoms with van der Waals surface area (Å²) in [5.41, 5.74) is 4.20. The van der Waals surface area contributed by atoms with Gasteiger partial charge >= 0.3 is 0 Å². The second-order valence-corrected chi connectivity index (χ2v) is 6.93.